The third-order valence-electron chi connectivity index (χ3n) is 4.06. The number of ether oxygens (including phenoxy) is 3. The van der Waals surface area contributed by atoms with E-state index < -0.39 is 7.12 Å². The Balaban J connectivity index is 2.25. The number of rotatable bonds is 5. The summed E-state index contributed by atoms with van der Waals surface area (Å²) in [7, 11) is 2.74. The van der Waals surface area contributed by atoms with Gasteiger partial charge in [-0.15, -0.1) is 0 Å². The highest BCUT2D eigenvalue weighted by molar-refractivity contribution is 6.63. The minimum atomic E-state index is -0.457. The Hall–Kier alpha value is -1.24. The highest BCUT2D eigenvalue weighted by atomic mass is 16.7. The molecule has 6 heteroatoms. The molecule has 5 nitrogen and oxygen atoms in total. The summed E-state index contributed by atoms with van der Waals surface area (Å²) in [5.74, 6) is 1.34. The first-order chi connectivity index (χ1) is 9.80. The van der Waals surface area contributed by atoms with E-state index in [9.17, 15) is 0 Å². The zero-order valence-electron chi connectivity index (χ0n) is 13.6. The molecule has 1 aliphatic heterocycles. The molecule has 1 aromatic carbocycles. The highest BCUT2D eigenvalue weighted by Gasteiger charge is 2.52. The van der Waals surface area contributed by atoms with Gasteiger partial charge in [-0.05, 0) is 33.8 Å². The van der Waals surface area contributed by atoms with Gasteiger partial charge >= 0.3 is 7.12 Å². The summed E-state index contributed by atoms with van der Waals surface area (Å²) < 4.78 is 27.8. The fraction of sp³-hybridized carbons (Fsp3) is 0.600. The number of methoxy groups -OCH3 is 2. The molecule has 0 atom stereocenters. The summed E-state index contributed by atoms with van der Waals surface area (Å²) >= 11 is 0. The van der Waals surface area contributed by atoms with Gasteiger partial charge in [0, 0.05) is 18.6 Å². The van der Waals surface area contributed by atoms with E-state index in [1.807, 2.05) is 39.8 Å². The van der Waals surface area contributed by atoms with Gasteiger partial charge in [-0.2, -0.15) is 0 Å². The van der Waals surface area contributed by atoms with Gasteiger partial charge in [-0.3, -0.25) is 0 Å². The van der Waals surface area contributed by atoms with Crippen LogP contribution in [-0.4, -0.2) is 39.3 Å². The molecule has 21 heavy (non-hydrogen) atoms. The van der Waals surface area contributed by atoms with Gasteiger partial charge in [-0.25, -0.2) is 0 Å². The summed E-state index contributed by atoms with van der Waals surface area (Å²) in [6.45, 7) is 8.29. The van der Waals surface area contributed by atoms with Crippen molar-refractivity contribution >= 4 is 12.6 Å². The van der Waals surface area contributed by atoms with Gasteiger partial charge < -0.3 is 23.5 Å². The molecule has 1 heterocycles. The summed E-state index contributed by atoms with van der Waals surface area (Å²) in [5, 5.41) is 0. The molecule has 116 valence electrons. The lowest BCUT2D eigenvalue weighted by Gasteiger charge is -2.32. The molecule has 0 bridgehead atoms. The molecule has 1 aromatic rings. The van der Waals surface area contributed by atoms with Crippen LogP contribution in [0.15, 0.2) is 18.2 Å². The van der Waals surface area contributed by atoms with Crippen LogP contribution in [-0.2, 0) is 14.0 Å². The molecule has 0 aliphatic carbocycles. The smallest absolute Gasteiger partial charge is 0.497 e. The molecular formula is C15H23BO5. The third-order valence-corrected chi connectivity index (χ3v) is 4.06. The molecule has 2 rings (SSSR count). The summed E-state index contributed by atoms with van der Waals surface area (Å²) in [5.41, 5.74) is 0.0860. The van der Waals surface area contributed by atoms with Crippen molar-refractivity contribution in [3.8, 4) is 11.5 Å². The van der Waals surface area contributed by atoms with Crippen molar-refractivity contribution in [1.82, 2.24) is 0 Å². The molecule has 0 radical (unpaired) electrons. The topological polar surface area (TPSA) is 46.2 Å². The quantitative estimate of drug-likeness (QED) is 0.614. The SMILES string of the molecule is COCOc1ccc(B2OC(C)(C)C(C)(C)O2)c(OC)c1. The molecule has 0 spiro atoms. The monoisotopic (exact) mass is 294 g/mol. The largest absolute Gasteiger partial charge is 0.498 e. The van der Waals surface area contributed by atoms with E-state index in [2.05, 4.69) is 0 Å². The van der Waals surface area contributed by atoms with Crippen LogP contribution in [0.2, 0.25) is 0 Å². The van der Waals surface area contributed by atoms with Crippen molar-refractivity contribution in [2.24, 2.45) is 0 Å². The van der Waals surface area contributed by atoms with Gasteiger partial charge in [0.05, 0.1) is 18.3 Å². The highest BCUT2D eigenvalue weighted by Crippen LogP contribution is 2.37. The van der Waals surface area contributed by atoms with Gasteiger partial charge in [0.1, 0.15) is 11.5 Å². The van der Waals surface area contributed by atoms with E-state index in [0.717, 1.165) is 5.46 Å². The lowest BCUT2D eigenvalue weighted by molar-refractivity contribution is 0.00578. The molecular weight excluding hydrogens is 271 g/mol. The Morgan fingerprint density at radius 2 is 1.67 bits per heavy atom. The second kappa shape index (κ2) is 5.87. The van der Waals surface area contributed by atoms with E-state index in [1.165, 1.54) is 0 Å². The lowest BCUT2D eigenvalue weighted by atomic mass is 9.78. The van der Waals surface area contributed by atoms with E-state index in [-0.39, 0.29) is 18.0 Å². The van der Waals surface area contributed by atoms with Crippen molar-refractivity contribution < 1.29 is 23.5 Å². The second-order valence-electron chi connectivity index (χ2n) is 6.04. The first-order valence-electron chi connectivity index (χ1n) is 6.96. The van der Waals surface area contributed by atoms with E-state index in [1.54, 1.807) is 20.3 Å². The van der Waals surface area contributed by atoms with Crippen LogP contribution in [0.4, 0.5) is 0 Å². The van der Waals surface area contributed by atoms with Crippen LogP contribution in [0.3, 0.4) is 0 Å². The fourth-order valence-electron chi connectivity index (χ4n) is 2.07. The van der Waals surface area contributed by atoms with Crippen LogP contribution in [0.5, 0.6) is 11.5 Å². The maximum Gasteiger partial charge on any atom is 0.498 e. The van der Waals surface area contributed by atoms with Gasteiger partial charge in [-0.1, -0.05) is 6.07 Å². The van der Waals surface area contributed by atoms with Crippen LogP contribution < -0.4 is 14.9 Å². The predicted octanol–water partition coefficient (Wildman–Crippen LogP) is 1.98. The van der Waals surface area contributed by atoms with Crippen LogP contribution >= 0.6 is 0 Å². The molecule has 0 unspecified atom stereocenters. The molecule has 0 N–H and O–H groups in total. The van der Waals surface area contributed by atoms with Gasteiger partial charge in [0.15, 0.2) is 6.79 Å². The second-order valence-corrected chi connectivity index (χ2v) is 6.04. The fourth-order valence-corrected chi connectivity index (χ4v) is 2.07. The maximum absolute atomic E-state index is 6.05. The zero-order chi connectivity index (χ0) is 15.7. The van der Waals surface area contributed by atoms with Crippen LogP contribution in [0.1, 0.15) is 27.7 Å². The van der Waals surface area contributed by atoms with E-state index in [0.29, 0.717) is 11.5 Å². The summed E-state index contributed by atoms with van der Waals surface area (Å²) in [6, 6.07) is 5.55. The lowest BCUT2D eigenvalue weighted by Crippen LogP contribution is -2.41. The molecule has 0 saturated carbocycles. The first-order valence-corrected chi connectivity index (χ1v) is 6.96. The van der Waals surface area contributed by atoms with Crippen LogP contribution in [0, 0.1) is 0 Å². The predicted molar refractivity (Wildman–Crippen MR) is 81.2 cm³/mol. The average Bonchev–Trinajstić information content (AvgIpc) is 2.64. The van der Waals surface area contributed by atoms with Crippen molar-refractivity contribution in [2.75, 3.05) is 21.0 Å². The standard InChI is InChI=1S/C15H23BO5/c1-14(2)15(3,4)21-16(20-14)12-8-7-11(19-10-17-5)9-13(12)18-6/h7-9H,10H2,1-6H3. The zero-order valence-corrected chi connectivity index (χ0v) is 13.6. The normalized spacial score (nSPS) is 19.6. The molecule has 0 aromatic heterocycles. The Labute approximate surface area is 126 Å². The van der Waals surface area contributed by atoms with Crippen molar-refractivity contribution in [3.63, 3.8) is 0 Å². The first kappa shape index (κ1) is 16.1. The molecule has 1 aliphatic rings. The maximum atomic E-state index is 6.05. The Kier molecular flexibility index (Phi) is 4.51. The Morgan fingerprint density at radius 1 is 1.05 bits per heavy atom. The van der Waals surface area contributed by atoms with E-state index >= 15 is 0 Å². The molecule has 1 saturated heterocycles. The van der Waals surface area contributed by atoms with Crippen molar-refractivity contribution in [2.45, 2.75) is 38.9 Å². The molecule has 1 fully saturated rings. The molecule has 0 amide bonds. The summed E-state index contributed by atoms with van der Waals surface area (Å²) in [6.07, 6.45) is 0. The van der Waals surface area contributed by atoms with Crippen molar-refractivity contribution in [1.29, 1.82) is 0 Å². The van der Waals surface area contributed by atoms with Crippen molar-refractivity contribution in [3.05, 3.63) is 18.2 Å². The van der Waals surface area contributed by atoms with Crippen LogP contribution in [0.25, 0.3) is 0 Å². The average molecular weight is 294 g/mol. The Bertz CT molecular complexity index is 485. The third kappa shape index (κ3) is 3.17. The minimum Gasteiger partial charge on any atom is -0.497 e. The minimum absolute atomic E-state index is 0.193. The van der Waals surface area contributed by atoms with Gasteiger partial charge in [0.2, 0.25) is 0 Å². The number of hydrogen-bond donors (Lipinski definition) is 0. The summed E-state index contributed by atoms with van der Waals surface area (Å²) in [4.78, 5) is 0. The number of hydrogen-bond acceptors (Lipinski definition) is 5. The van der Waals surface area contributed by atoms with Gasteiger partial charge in [0.25, 0.3) is 0 Å². The van der Waals surface area contributed by atoms with E-state index in [4.69, 9.17) is 23.5 Å². The number of benzene rings is 1. The Morgan fingerprint density at radius 3 is 2.19 bits per heavy atom.